The van der Waals surface area contributed by atoms with E-state index in [9.17, 15) is 18.0 Å². The number of alkyl carbamates (subject to hydrolysis) is 1. The Balaban J connectivity index is 2.38. The predicted octanol–water partition coefficient (Wildman–Crippen LogP) is 4.17. The minimum Gasteiger partial charge on any atom is -0.449 e. The summed E-state index contributed by atoms with van der Waals surface area (Å²) >= 11 is 5.70. The van der Waals surface area contributed by atoms with Crippen LogP contribution in [0, 0.1) is 5.41 Å². The molecule has 1 aromatic carbocycles. The smallest absolute Gasteiger partial charge is 0.417 e. The van der Waals surface area contributed by atoms with Crippen molar-refractivity contribution in [2.75, 3.05) is 6.61 Å². The molecule has 7 heteroatoms. The largest absolute Gasteiger partial charge is 0.449 e. The number of carbonyl (C=O) groups is 1. The third-order valence-electron chi connectivity index (χ3n) is 3.25. The molecule has 0 aromatic heterocycles. The van der Waals surface area contributed by atoms with Crippen molar-refractivity contribution in [3.63, 3.8) is 0 Å². The molecule has 1 N–H and O–H groups in total. The second kappa shape index (κ2) is 4.84. The topological polar surface area (TPSA) is 38.3 Å². The molecule has 1 aliphatic rings. The van der Waals surface area contributed by atoms with E-state index < -0.39 is 29.3 Å². The molecular formula is C13H13ClF3NO2. The maximum atomic E-state index is 12.7. The highest BCUT2D eigenvalue weighted by Crippen LogP contribution is 2.40. The summed E-state index contributed by atoms with van der Waals surface area (Å²) < 4.78 is 42.9. The van der Waals surface area contributed by atoms with Gasteiger partial charge in [0.15, 0.2) is 0 Å². The Labute approximate surface area is 119 Å². The number of amides is 1. The lowest BCUT2D eigenvalue weighted by molar-refractivity contribution is -0.137. The highest BCUT2D eigenvalue weighted by atomic mass is 35.5. The first-order chi connectivity index (χ1) is 9.11. The van der Waals surface area contributed by atoms with Gasteiger partial charge in [-0.2, -0.15) is 13.2 Å². The highest BCUT2D eigenvalue weighted by molar-refractivity contribution is 6.31. The third-order valence-corrected chi connectivity index (χ3v) is 3.56. The van der Waals surface area contributed by atoms with Gasteiger partial charge in [-0.05, 0) is 17.7 Å². The average Bonchev–Trinajstić information content (AvgIpc) is 2.30. The van der Waals surface area contributed by atoms with Crippen molar-refractivity contribution in [2.24, 2.45) is 5.41 Å². The van der Waals surface area contributed by atoms with Gasteiger partial charge in [0.1, 0.15) is 6.61 Å². The second-order valence-corrected chi connectivity index (χ2v) is 5.79. The first-order valence-electron chi connectivity index (χ1n) is 5.91. The number of carbonyl (C=O) groups excluding carboxylic acids is 1. The van der Waals surface area contributed by atoms with Gasteiger partial charge < -0.3 is 10.1 Å². The number of nitrogens with one attached hydrogen (secondary N) is 1. The first-order valence-corrected chi connectivity index (χ1v) is 6.29. The standard InChI is InChI=1S/C13H13ClF3NO2/c1-12(2)6-20-11(19)18-10(12)7-3-4-8(9(14)5-7)13(15,16)17/h3-5,10H,6H2,1-2H3,(H,18,19)/t10-/m0/s1. The van der Waals surface area contributed by atoms with Gasteiger partial charge in [-0.25, -0.2) is 4.79 Å². The zero-order valence-electron chi connectivity index (χ0n) is 10.8. The number of rotatable bonds is 1. The Morgan fingerprint density at radius 3 is 2.60 bits per heavy atom. The molecule has 1 aliphatic heterocycles. The quantitative estimate of drug-likeness (QED) is 0.846. The van der Waals surface area contributed by atoms with E-state index in [1.165, 1.54) is 12.1 Å². The van der Waals surface area contributed by atoms with Gasteiger partial charge in [-0.3, -0.25) is 0 Å². The summed E-state index contributed by atoms with van der Waals surface area (Å²) in [5.41, 5.74) is -0.819. The Kier molecular flexibility index (Phi) is 3.62. The molecule has 0 bridgehead atoms. The van der Waals surface area contributed by atoms with Gasteiger partial charge in [-0.15, -0.1) is 0 Å². The average molecular weight is 308 g/mol. The zero-order chi connectivity index (χ0) is 15.1. The molecule has 0 spiro atoms. The molecule has 1 heterocycles. The number of benzene rings is 1. The molecule has 1 fully saturated rings. The van der Waals surface area contributed by atoms with Crippen molar-refractivity contribution < 1.29 is 22.7 Å². The SMILES string of the molecule is CC1(C)COC(=O)N[C@H]1c1ccc(C(F)(F)F)c(Cl)c1. The summed E-state index contributed by atoms with van der Waals surface area (Å²) in [6, 6.07) is 3.04. The van der Waals surface area contributed by atoms with E-state index in [1.54, 1.807) is 0 Å². The monoisotopic (exact) mass is 307 g/mol. The molecule has 2 rings (SSSR count). The van der Waals surface area contributed by atoms with Gasteiger partial charge in [0.05, 0.1) is 16.6 Å². The highest BCUT2D eigenvalue weighted by Gasteiger charge is 2.39. The number of halogens is 4. The van der Waals surface area contributed by atoms with Crippen LogP contribution >= 0.6 is 11.6 Å². The Morgan fingerprint density at radius 1 is 1.40 bits per heavy atom. The van der Waals surface area contributed by atoms with Gasteiger partial charge in [-0.1, -0.05) is 31.5 Å². The summed E-state index contributed by atoms with van der Waals surface area (Å²) in [4.78, 5) is 11.3. The van der Waals surface area contributed by atoms with E-state index in [1.807, 2.05) is 13.8 Å². The lowest BCUT2D eigenvalue weighted by Crippen LogP contribution is -2.46. The van der Waals surface area contributed by atoms with Crippen molar-refractivity contribution in [1.82, 2.24) is 5.32 Å². The second-order valence-electron chi connectivity index (χ2n) is 5.38. The third kappa shape index (κ3) is 2.85. The molecule has 20 heavy (non-hydrogen) atoms. The van der Waals surface area contributed by atoms with Gasteiger partial charge in [0.25, 0.3) is 0 Å². The summed E-state index contributed by atoms with van der Waals surface area (Å²) in [6.07, 6.45) is -5.09. The molecule has 0 radical (unpaired) electrons. The van der Waals surface area contributed by atoms with Crippen molar-refractivity contribution >= 4 is 17.7 Å². The van der Waals surface area contributed by atoms with Crippen LogP contribution in [0.25, 0.3) is 0 Å². The fourth-order valence-electron chi connectivity index (χ4n) is 2.17. The molecule has 0 unspecified atom stereocenters. The summed E-state index contributed by atoms with van der Waals surface area (Å²) in [5, 5.41) is 2.22. The lowest BCUT2D eigenvalue weighted by Gasteiger charge is -2.38. The van der Waals surface area contributed by atoms with Crippen LogP contribution in [-0.2, 0) is 10.9 Å². The van der Waals surface area contributed by atoms with Gasteiger partial charge >= 0.3 is 12.3 Å². The van der Waals surface area contributed by atoms with Crippen molar-refractivity contribution in [3.8, 4) is 0 Å². The Bertz CT molecular complexity index is 543. The molecule has 110 valence electrons. The Hall–Kier alpha value is -1.43. The molecule has 0 saturated carbocycles. The van der Waals surface area contributed by atoms with Crippen LogP contribution in [0.4, 0.5) is 18.0 Å². The number of hydrogen-bond donors (Lipinski definition) is 1. The molecule has 1 atom stereocenters. The first kappa shape index (κ1) is 15.0. The fourth-order valence-corrected chi connectivity index (χ4v) is 2.46. The molecule has 1 amide bonds. The van der Waals surface area contributed by atoms with Crippen LogP contribution in [0.3, 0.4) is 0 Å². The van der Waals surface area contributed by atoms with E-state index in [2.05, 4.69) is 5.32 Å². The van der Waals surface area contributed by atoms with Crippen LogP contribution in [-0.4, -0.2) is 12.7 Å². The van der Waals surface area contributed by atoms with Crippen LogP contribution in [0.2, 0.25) is 5.02 Å². The number of cyclic esters (lactones) is 1. The lowest BCUT2D eigenvalue weighted by atomic mass is 9.80. The fraction of sp³-hybridized carbons (Fsp3) is 0.462. The van der Waals surface area contributed by atoms with Crippen molar-refractivity contribution in [1.29, 1.82) is 0 Å². The Morgan fingerprint density at radius 2 is 2.05 bits per heavy atom. The van der Waals surface area contributed by atoms with Gasteiger partial charge in [0, 0.05) is 5.41 Å². The molecular weight excluding hydrogens is 295 g/mol. The molecule has 0 aliphatic carbocycles. The number of hydrogen-bond acceptors (Lipinski definition) is 2. The van der Waals surface area contributed by atoms with Gasteiger partial charge in [0.2, 0.25) is 0 Å². The normalized spacial score (nSPS) is 22.1. The van der Waals surface area contributed by atoms with E-state index in [4.69, 9.17) is 16.3 Å². The molecule has 1 saturated heterocycles. The minimum atomic E-state index is -4.50. The van der Waals surface area contributed by atoms with Crippen molar-refractivity contribution in [3.05, 3.63) is 34.3 Å². The number of ether oxygens (including phenoxy) is 1. The van der Waals surface area contributed by atoms with Crippen LogP contribution < -0.4 is 5.32 Å². The summed E-state index contributed by atoms with van der Waals surface area (Å²) in [7, 11) is 0. The van der Waals surface area contributed by atoms with Crippen LogP contribution in [0.1, 0.15) is 31.0 Å². The molecule has 1 aromatic rings. The summed E-state index contributed by atoms with van der Waals surface area (Å²) in [5.74, 6) is 0. The number of alkyl halides is 3. The maximum absolute atomic E-state index is 12.7. The zero-order valence-corrected chi connectivity index (χ0v) is 11.6. The predicted molar refractivity (Wildman–Crippen MR) is 67.5 cm³/mol. The van der Waals surface area contributed by atoms with Crippen LogP contribution in [0.5, 0.6) is 0 Å². The minimum absolute atomic E-state index is 0.183. The van der Waals surface area contributed by atoms with E-state index in [0.29, 0.717) is 5.56 Å². The van der Waals surface area contributed by atoms with E-state index in [0.717, 1.165) is 6.07 Å². The van der Waals surface area contributed by atoms with E-state index in [-0.39, 0.29) is 11.6 Å². The molecule has 3 nitrogen and oxygen atoms in total. The summed E-state index contributed by atoms with van der Waals surface area (Å²) in [6.45, 7) is 3.88. The van der Waals surface area contributed by atoms with E-state index >= 15 is 0 Å². The maximum Gasteiger partial charge on any atom is 0.417 e. The van der Waals surface area contributed by atoms with Crippen LogP contribution in [0.15, 0.2) is 18.2 Å². The van der Waals surface area contributed by atoms with Crippen molar-refractivity contribution in [2.45, 2.75) is 26.1 Å².